The number of nitrogens with one attached hydrogen (secondary N) is 1. The third-order valence-corrected chi connectivity index (χ3v) is 2.49. The number of hydrogen-bond acceptors (Lipinski definition) is 4. The van der Waals surface area contributed by atoms with E-state index in [4.69, 9.17) is 10.5 Å². The Balaban J connectivity index is 2.68. The normalized spacial score (nSPS) is 11.2. The van der Waals surface area contributed by atoms with Gasteiger partial charge in [0.1, 0.15) is 0 Å². The van der Waals surface area contributed by atoms with Crippen LogP contribution in [0.15, 0.2) is 24.3 Å². The van der Waals surface area contributed by atoms with Gasteiger partial charge in [0.15, 0.2) is 0 Å². The van der Waals surface area contributed by atoms with Crippen LogP contribution in [0.4, 0.5) is 5.69 Å². The van der Waals surface area contributed by atoms with E-state index in [1.165, 1.54) is 0 Å². The topological polar surface area (TPSA) is 64.3 Å². The van der Waals surface area contributed by atoms with Gasteiger partial charge in [-0.2, -0.15) is 0 Å². The molecule has 1 aromatic rings. The Bertz CT molecular complexity index is 411. The zero-order valence-electron chi connectivity index (χ0n) is 12.0. The fraction of sp³-hybridized carbons (Fsp3) is 0.533. The predicted octanol–water partition coefficient (Wildman–Crippen LogP) is 2.79. The molecule has 0 unspecified atom stereocenters. The summed E-state index contributed by atoms with van der Waals surface area (Å²) in [6.45, 7) is 7.20. The van der Waals surface area contributed by atoms with E-state index in [0.29, 0.717) is 18.7 Å². The minimum Gasteiger partial charge on any atom is -0.462 e. The second-order valence-electron chi connectivity index (χ2n) is 5.55. The molecule has 0 aromatic heterocycles. The molecule has 0 aliphatic heterocycles. The maximum atomic E-state index is 12.0. The van der Waals surface area contributed by atoms with Gasteiger partial charge >= 0.3 is 5.97 Å². The van der Waals surface area contributed by atoms with Gasteiger partial charge in [-0.05, 0) is 52.3 Å². The van der Waals surface area contributed by atoms with E-state index in [1.807, 2.05) is 18.2 Å². The van der Waals surface area contributed by atoms with Crippen LogP contribution in [0, 0.1) is 0 Å². The fourth-order valence-corrected chi connectivity index (χ4v) is 1.66. The molecule has 0 bridgehead atoms. The lowest BCUT2D eigenvalue weighted by atomic mass is 10.1. The molecule has 4 heteroatoms. The summed E-state index contributed by atoms with van der Waals surface area (Å²) in [5.74, 6) is -0.288. The highest BCUT2D eigenvalue weighted by Gasteiger charge is 2.16. The van der Waals surface area contributed by atoms with Crippen molar-refractivity contribution in [3.63, 3.8) is 0 Å². The highest BCUT2D eigenvalue weighted by molar-refractivity contribution is 5.95. The number of rotatable bonds is 6. The van der Waals surface area contributed by atoms with Gasteiger partial charge in [0.2, 0.25) is 0 Å². The molecule has 0 saturated carbocycles. The average molecular weight is 264 g/mol. The first-order chi connectivity index (χ1) is 8.94. The van der Waals surface area contributed by atoms with Crippen molar-refractivity contribution in [1.82, 2.24) is 0 Å². The summed E-state index contributed by atoms with van der Waals surface area (Å²) < 4.78 is 5.25. The van der Waals surface area contributed by atoms with E-state index in [-0.39, 0.29) is 11.5 Å². The molecule has 0 aliphatic rings. The van der Waals surface area contributed by atoms with Crippen LogP contribution in [0.3, 0.4) is 0 Å². The molecule has 1 rings (SSSR count). The second-order valence-corrected chi connectivity index (χ2v) is 5.55. The van der Waals surface area contributed by atoms with Crippen LogP contribution < -0.4 is 11.1 Å². The van der Waals surface area contributed by atoms with Gasteiger partial charge in [-0.15, -0.1) is 0 Å². The molecule has 4 nitrogen and oxygen atoms in total. The summed E-state index contributed by atoms with van der Waals surface area (Å²) in [6, 6.07) is 7.41. The Morgan fingerprint density at radius 1 is 1.26 bits per heavy atom. The van der Waals surface area contributed by atoms with Gasteiger partial charge < -0.3 is 15.8 Å². The van der Waals surface area contributed by atoms with Gasteiger partial charge in [-0.25, -0.2) is 4.79 Å². The van der Waals surface area contributed by atoms with E-state index >= 15 is 0 Å². The van der Waals surface area contributed by atoms with Crippen LogP contribution in [0.2, 0.25) is 0 Å². The first-order valence-corrected chi connectivity index (χ1v) is 6.68. The summed E-state index contributed by atoms with van der Waals surface area (Å²) in [5.41, 5.74) is 6.68. The summed E-state index contributed by atoms with van der Waals surface area (Å²) in [4.78, 5) is 12.0. The number of carbonyl (C=O) groups is 1. The van der Waals surface area contributed by atoms with Crippen LogP contribution in [0.5, 0.6) is 0 Å². The number of unbranched alkanes of at least 4 members (excludes halogenated alkanes) is 1. The summed E-state index contributed by atoms with van der Waals surface area (Å²) in [6.07, 6.45) is 1.67. The lowest BCUT2D eigenvalue weighted by Crippen LogP contribution is -2.27. The Morgan fingerprint density at radius 2 is 1.95 bits per heavy atom. The number of carbonyl (C=O) groups excluding carboxylic acids is 1. The summed E-state index contributed by atoms with van der Waals surface area (Å²) in [7, 11) is 0. The van der Waals surface area contributed by atoms with Crippen molar-refractivity contribution in [2.45, 2.75) is 39.2 Å². The lowest BCUT2D eigenvalue weighted by molar-refractivity contribution is 0.0500. The average Bonchev–Trinajstić information content (AvgIpc) is 2.33. The molecular weight excluding hydrogens is 240 g/mol. The van der Waals surface area contributed by atoms with Crippen molar-refractivity contribution in [3.8, 4) is 0 Å². The number of ether oxygens (including phenoxy) is 1. The van der Waals surface area contributed by atoms with E-state index in [9.17, 15) is 4.79 Å². The Kier molecular flexibility index (Phi) is 5.83. The van der Waals surface area contributed by atoms with Gasteiger partial charge in [-0.1, -0.05) is 12.1 Å². The van der Waals surface area contributed by atoms with Crippen molar-refractivity contribution in [3.05, 3.63) is 29.8 Å². The molecular formula is C15H24N2O2. The maximum Gasteiger partial charge on any atom is 0.340 e. The largest absolute Gasteiger partial charge is 0.462 e. The fourth-order valence-electron chi connectivity index (χ4n) is 1.66. The monoisotopic (exact) mass is 264 g/mol. The Morgan fingerprint density at radius 3 is 2.58 bits per heavy atom. The summed E-state index contributed by atoms with van der Waals surface area (Å²) in [5, 5.41) is 3.31. The van der Waals surface area contributed by atoms with Crippen LogP contribution >= 0.6 is 0 Å². The van der Waals surface area contributed by atoms with E-state index in [0.717, 1.165) is 18.5 Å². The highest BCUT2D eigenvalue weighted by Crippen LogP contribution is 2.20. The highest BCUT2D eigenvalue weighted by atomic mass is 16.5. The van der Waals surface area contributed by atoms with Crippen molar-refractivity contribution in [1.29, 1.82) is 0 Å². The number of esters is 1. The molecule has 1 aromatic carbocycles. The molecule has 106 valence electrons. The molecule has 0 heterocycles. The van der Waals surface area contributed by atoms with E-state index < -0.39 is 0 Å². The maximum absolute atomic E-state index is 12.0. The first-order valence-electron chi connectivity index (χ1n) is 6.68. The van der Waals surface area contributed by atoms with Crippen molar-refractivity contribution in [2.24, 2.45) is 5.73 Å². The van der Waals surface area contributed by atoms with Crippen LogP contribution in [-0.2, 0) is 4.74 Å². The first kappa shape index (κ1) is 15.5. The van der Waals surface area contributed by atoms with Gasteiger partial charge in [0, 0.05) is 11.2 Å². The van der Waals surface area contributed by atoms with E-state index in [2.05, 4.69) is 26.1 Å². The Labute approximate surface area is 115 Å². The van der Waals surface area contributed by atoms with Gasteiger partial charge in [0.25, 0.3) is 0 Å². The third-order valence-electron chi connectivity index (χ3n) is 2.49. The predicted molar refractivity (Wildman–Crippen MR) is 78.4 cm³/mol. The van der Waals surface area contributed by atoms with Gasteiger partial charge in [0.05, 0.1) is 12.2 Å². The molecule has 0 radical (unpaired) electrons. The third kappa shape index (κ3) is 5.75. The molecule has 0 saturated heterocycles. The second kappa shape index (κ2) is 7.14. The summed E-state index contributed by atoms with van der Waals surface area (Å²) >= 11 is 0. The molecule has 0 aliphatic carbocycles. The number of para-hydroxylation sites is 1. The number of anilines is 1. The molecule has 0 fully saturated rings. The lowest BCUT2D eigenvalue weighted by Gasteiger charge is -2.23. The smallest absolute Gasteiger partial charge is 0.340 e. The van der Waals surface area contributed by atoms with Crippen molar-refractivity contribution < 1.29 is 9.53 Å². The number of hydrogen-bond donors (Lipinski definition) is 2. The van der Waals surface area contributed by atoms with Crippen molar-refractivity contribution >= 4 is 11.7 Å². The minimum absolute atomic E-state index is 0.101. The van der Waals surface area contributed by atoms with Crippen LogP contribution in [0.25, 0.3) is 0 Å². The molecule has 0 amide bonds. The van der Waals surface area contributed by atoms with Gasteiger partial charge in [-0.3, -0.25) is 0 Å². The molecule has 0 atom stereocenters. The molecule has 19 heavy (non-hydrogen) atoms. The quantitative estimate of drug-likeness (QED) is 0.612. The van der Waals surface area contributed by atoms with Crippen LogP contribution in [-0.4, -0.2) is 24.7 Å². The standard InChI is InChI=1S/C15H24N2O2/c1-15(2,3)17-13-9-5-4-8-12(13)14(18)19-11-7-6-10-16/h4-5,8-9,17H,6-7,10-11,16H2,1-3H3. The van der Waals surface area contributed by atoms with E-state index in [1.54, 1.807) is 6.07 Å². The Hall–Kier alpha value is -1.55. The zero-order valence-corrected chi connectivity index (χ0v) is 12.0. The molecule has 0 spiro atoms. The van der Waals surface area contributed by atoms with Crippen LogP contribution in [0.1, 0.15) is 44.0 Å². The number of nitrogens with two attached hydrogens (primary N) is 1. The molecule has 3 N–H and O–H groups in total. The number of benzene rings is 1. The minimum atomic E-state index is -0.288. The van der Waals surface area contributed by atoms with Crippen molar-refractivity contribution in [2.75, 3.05) is 18.5 Å². The SMILES string of the molecule is CC(C)(C)Nc1ccccc1C(=O)OCCCCN. The zero-order chi connectivity index (χ0) is 14.3.